The molecule has 0 heterocycles. The SMILES string of the molecule is CC1(C)C(N)C(C)(C)C1NC(=O)c1cc(Cl)ccc1Cl. The molecule has 1 aromatic carbocycles. The van der Waals surface area contributed by atoms with E-state index in [0.717, 1.165) is 0 Å². The summed E-state index contributed by atoms with van der Waals surface area (Å²) in [7, 11) is 0. The fourth-order valence-corrected chi connectivity index (χ4v) is 3.81. The lowest BCUT2D eigenvalue weighted by Gasteiger charge is -2.62. The van der Waals surface area contributed by atoms with Gasteiger partial charge in [0.05, 0.1) is 10.6 Å². The summed E-state index contributed by atoms with van der Waals surface area (Å²) in [6.45, 7) is 8.25. The average Bonchev–Trinajstić information content (AvgIpc) is 2.37. The van der Waals surface area contributed by atoms with Gasteiger partial charge in [-0.3, -0.25) is 4.79 Å². The highest BCUT2D eigenvalue weighted by molar-refractivity contribution is 6.35. The highest BCUT2D eigenvalue weighted by atomic mass is 35.5. The zero-order valence-corrected chi connectivity index (χ0v) is 13.6. The summed E-state index contributed by atoms with van der Waals surface area (Å²) in [5.74, 6) is -0.212. The standard InChI is InChI=1S/C15H20Cl2N2O/c1-14(2)12(18)15(3,4)13(14)19-11(20)9-7-8(16)5-6-10(9)17/h5-7,12-13H,18H2,1-4H3,(H,19,20). The van der Waals surface area contributed by atoms with Gasteiger partial charge in [0.2, 0.25) is 0 Å². The maximum Gasteiger partial charge on any atom is 0.253 e. The Morgan fingerprint density at radius 3 is 2.30 bits per heavy atom. The summed E-state index contributed by atoms with van der Waals surface area (Å²) >= 11 is 12.0. The highest BCUT2D eigenvalue weighted by Crippen LogP contribution is 2.52. The molecule has 0 bridgehead atoms. The van der Waals surface area contributed by atoms with Crippen molar-refractivity contribution in [1.29, 1.82) is 0 Å². The second-order valence-corrected chi connectivity index (χ2v) is 7.49. The maximum absolute atomic E-state index is 12.4. The summed E-state index contributed by atoms with van der Waals surface area (Å²) in [6.07, 6.45) is 0. The van der Waals surface area contributed by atoms with Crippen LogP contribution in [0.2, 0.25) is 10.0 Å². The topological polar surface area (TPSA) is 55.1 Å². The van der Waals surface area contributed by atoms with Crippen LogP contribution in [0, 0.1) is 10.8 Å². The Morgan fingerprint density at radius 2 is 1.75 bits per heavy atom. The van der Waals surface area contributed by atoms with Crippen LogP contribution in [0.5, 0.6) is 0 Å². The molecule has 1 fully saturated rings. The molecule has 0 atom stereocenters. The van der Waals surface area contributed by atoms with Crippen molar-refractivity contribution in [3.05, 3.63) is 33.8 Å². The number of hydrogen-bond donors (Lipinski definition) is 2. The lowest BCUT2D eigenvalue weighted by molar-refractivity contribution is -0.0663. The summed E-state index contributed by atoms with van der Waals surface area (Å²) < 4.78 is 0. The van der Waals surface area contributed by atoms with Gasteiger partial charge in [0.1, 0.15) is 0 Å². The van der Waals surface area contributed by atoms with Crippen molar-refractivity contribution in [2.45, 2.75) is 39.8 Å². The number of benzene rings is 1. The number of rotatable bonds is 2. The van der Waals surface area contributed by atoms with E-state index in [9.17, 15) is 4.79 Å². The van der Waals surface area contributed by atoms with Crippen LogP contribution in [0.4, 0.5) is 0 Å². The second kappa shape index (κ2) is 4.90. The molecule has 0 aromatic heterocycles. The van der Waals surface area contributed by atoms with Crippen LogP contribution in [0.25, 0.3) is 0 Å². The highest BCUT2D eigenvalue weighted by Gasteiger charge is 2.60. The predicted octanol–water partition coefficient (Wildman–Crippen LogP) is 3.49. The third kappa shape index (κ3) is 2.32. The predicted molar refractivity (Wildman–Crippen MR) is 83.3 cm³/mol. The van der Waals surface area contributed by atoms with Gasteiger partial charge in [0.15, 0.2) is 0 Å². The van der Waals surface area contributed by atoms with E-state index in [2.05, 4.69) is 33.0 Å². The van der Waals surface area contributed by atoms with E-state index in [-0.39, 0.29) is 28.8 Å². The number of carbonyl (C=O) groups is 1. The van der Waals surface area contributed by atoms with Gasteiger partial charge in [0.25, 0.3) is 5.91 Å². The van der Waals surface area contributed by atoms with E-state index < -0.39 is 0 Å². The molecule has 5 heteroatoms. The first-order chi connectivity index (χ1) is 9.08. The maximum atomic E-state index is 12.4. The number of carbonyl (C=O) groups excluding carboxylic acids is 1. The van der Waals surface area contributed by atoms with E-state index in [1.165, 1.54) is 0 Å². The zero-order valence-electron chi connectivity index (χ0n) is 12.1. The van der Waals surface area contributed by atoms with Crippen molar-refractivity contribution in [2.75, 3.05) is 0 Å². The fraction of sp³-hybridized carbons (Fsp3) is 0.533. The van der Waals surface area contributed by atoms with Crippen LogP contribution in [0.15, 0.2) is 18.2 Å². The van der Waals surface area contributed by atoms with Gasteiger partial charge in [-0.15, -0.1) is 0 Å². The van der Waals surface area contributed by atoms with Gasteiger partial charge in [-0.2, -0.15) is 0 Å². The molecular weight excluding hydrogens is 295 g/mol. The minimum absolute atomic E-state index is 0.00690. The summed E-state index contributed by atoms with van der Waals surface area (Å²) in [4.78, 5) is 12.4. The first kappa shape index (κ1) is 15.6. The molecule has 0 aliphatic heterocycles. The first-order valence-corrected chi connectivity index (χ1v) is 7.35. The summed E-state index contributed by atoms with van der Waals surface area (Å²) in [5.41, 5.74) is 6.29. The van der Waals surface area contributed by atoms with Crippen LogP contribution in [-0.4, -0.2) is 18.0 Å². The van der Waals surface area contributed by atoms with Crippen molar-refractivity contribution in [3.8, 4) is 0 Å². The van der Waals surface area contributed by atoms with Gasteiger partial charge < -0.3 is 11.1 Å². The molecule has 1 amide bonds. The minimum Gasteiger partial charge on any atom is -0.348 e. The van der Waals surface area contributed by atoms with E-state index >= 15 is 0 Å². The van der Waals surface area contributed by atoms with Crippen LogP contribution < -0.4 is 11.1 Å². The Kier molecular flexibility index (Phi) is 3.83. The smallest absolute Gasteiger partial charge is 0.253 e. The lowest BCUT2D eigenvalue weighted by Crippen LogP contribution is -2.76. The van der Waals surface area contributed by atoms with Gasteiger partial charge in [-0.1, -0.05) is 50.9 Å². The molecule has 0 unspecified atom stereocenters. The molecular formula is C15H20Cl2N2O. The average molecular weight is 315 g/mol. The fourth-order valence-electron chi connectivity index (χ4n) is 3.43. The number of nitrogens with two attached hydrogens (primary N) is 1. The number of nitrogens with one attached hydrogen (secondary N) is 1. The van der Waals surface area contributed by atoms with Gasteiger partial charge >= 0.3 is 0 Å². The Hall–Kier alpha value is -0.770. The molecule has 1 aliphatic rings. The first-order valence-electron chi connectivity index (χ1n) is 6.60. The normalized spacial score (nSPS) is 26.8. The molecule has 3 N–H and O–H groups in total. The van der Waals surface area contributed by atoms with E-state index in [4.69, 9.17) is 28.9 Å². The van der Waals surface area contributed by atoms with Gasteiger partial charge in [-0.05, 0) is 18.2 Å². The molecule has 0 saturated heterocycles. The van der Waals surface area contributed by atoms with Crippen molar-refractivity contribution >= 4 is 29.1 Å². The number of hydrogen-bond acceptors (Lipinski definition) is 2. The summed E-state index contributed by atoms with van der Waals surface area (Å²) in [6, 6.07) is 4.90. The number of halogens is 2. The molecule has 3 nitrogen and oxygen atoms in total. The molecule has 1 aliphatic carbocycles. The third-order valence-corrected chi connectivity index (χ3v) is 5.10. The largest absolute Gasteiger partial charge is 0.348 e. The Bertz CT molecular complexity index is 539. The zero-order chi connectivity index (χ0) is 15.3. The molecule has 2 rings (SSSR count). The van der Waals surface area contributed by atoms with Gasteiger partial charge in [-0.25, -0.2) is 0 Å². The van der Waals surface area contributed by atoms with Gasteiger partial charge in [0, 0.05) is 27.9 Å². The van der Waals surface area contributed by atoms with Crippen molar-refractivity contribution in [3.63, 3.8) is 0 Å². The van der Waals surface area contributed by atoms with Crippen LogP contribution in [-0.2, 0) is 0 Å². The molecule has 1 saturated carbocycles. The van der Waals surface area contributed by atoms with Crippen molar-refractivity contribution in [1.82, 2.24) is 5.32 Å². The van der Waals surface area contributed by atoms with E-state index in [0.29, 0.717) is 15.6 Å². The van der Waals surface area contributed by atoms with E-state index in [1.807, 2.05) is 0 Å². The quantitative estimate of drug-likeness (QED) is 0.878. The molecule has 0 spiro atoms. The number of amides is 1. The Morgan fingerprint density at radius 1 is 1.20 bits per heavy atom. The summed E-state index contributed by atoms with van der Waals surface area (Å²) in [5, 5.41) is 3.93. The Balaban J connectivity index is 2.22. The minimum atomic E-state index is -0.212. The van der Waals surface area contributed by atoms with E-state index in [1.54, 1.807) is 18.2 Å². The molecule has 20 heavy (non-hydrogen) atoms. The lowest BCUT2D eigenvalue weighted by atomic mass is 9.48. The van der Waals surface area contributed by atoms with Crippen molar-refractivity contribution < 1.29 is 4.79 Å². The third-order valence-electron chi connectivity index (χ3n) is 4.54. The molecule has 110 valence electrons. The Labute approximate surface area is 129 Å². The monoisotopic (exact) mass is 314 g/mol. The van der Waals surface area contributed by atoms with Crippen molar-refractivity contribution in [2.24, 2.45) is 16.6 Å². The van der Waals surface area contributed by atoms with Crippen LogP contribution in [0.3, 0.4) is 0 Å². The van der Waals surface area contributed by atoms with Crippen LogP contribution >= 0.6 is 23.2 Å². The molecule has 0 radical (unpaired) electrons. The second-order valence-electron chi connectivity index (χ2n) is 6.65. The molecule has 1 aromatic rings. The van der Waals surface area contributed by atoms with Crippen LogP contribution in [0.1, 0.15) is 38.1 Å².